The van der Waals surface area contributed by atoms with E-state index in [0.29, 0.717) is 33.2 Å². The van der Waals surface area contributed by atoms with Crippen molar-refractivity contribution >= 4 is 23.2 Å². The number of ketones is 1. The summed E-state index contributed by atoms with van der Waals surface area (Å²) in [5, 5.41) is 21.1. The zero-order valence-electron chi connectivity index (χ0n) is 16.6. The normalized spacial score (nSPS) is 10.5. The number of benzene rings is 2. The molecule has 2 aromatic carbocycles. The van der Waals surface area contributed by atoms with Crippen molar-refractivity contribution in [2.45, 2.75) is 5.03 Å². The SMILES string of the molecule is N#Cc1c(-c2ccco2)cc(-c2ccccc2)nc1SCC(=O)c1ccc([N+](=O)[O-])cc1. The molecule has 4 rings (SSSR count). The molecule has 0 bridgehead atoms. The minimum Gasteiger partial charge on any atom is -0.464 e. The van der Waals surface area contributed by atoms with E-state index >= 15 is 0 Å². The van der Waals surface area contributed by atoms with Crippen LogP contribution in [0.1, 0.15) is 15.9 Å². The quantitative estimate of drug-likeness (QED) is 0.155. The van der Waals surface area contributed by atoms with Crippen molar-refractivity contribution in [2.75, 3.05) is 5.75 Å². The van der Waals surface area contributed by atoms with Crippen LogP contribution in [0.3, 0.4) is 0 Å². The van der Waals surface area contributed by atoms with E-state index in [4.69, 9.17) is 4.42 Å². The number of nitro benzene ring substituents is 1. The van der Waals surface area contributed by atoms with Gasteiger partial charge < -0.3 is 4.42 Å². The van der Waals surface area contributed by atoms with Crippen LogP contribution in [-0.4, -0.2) is 21.4 Å². The lowest BCUT2D eigenvalue weighted by molar-refractivity contribution is -0.384. The topological polar surface area (TPSA) is 110 Å². The van der Waals surface area contributed by atoms with Gasteiger partial charge in [-0.05, 0) is 30.3 Å². The number of carbonyl (C=O) groups is 1. The third-order valence-corrected chi connectivity index (χ3v) is 5.67. The first-order valence-electron chi connectivity index (χ1n) is 9.51. The summed E-state index contributed by atoms with van der Waals surface area (Å²) in [7, 11) is 0. The standard InChI is InChI=1S/C24H15N3O4S/c25-14-20-19(23-7-4-12-31-23)13-21(16-5-2-1-3-6-16)26-24(20)32-15-22(28)17-8-10-18(11-9-17)27(29)30/h1-13H,15H2. The number of pyridine rings is 1. The monoisotopic (exact) mass is 441 g/mol. The molecule has 0 unspecified atom stereocenters. The van der Waals surface area contributed by atoms with E-state index in [1.54, 1.807) is 18.2 Å². The van der Waals surface area contributed by atoms with Crippen LogP contribution in [0.25, 0.3) is 22.6 Å². The predicted molar refractivity (Wildman–Crippen MR) is 120 cm³/mol. The Bertz CT molecular complexity index is 1310. The number of hydrogen-bond acceptors (Lipinski definition) is 7. The molecule has 0 amide bonds. The number of nitriles is 1. The Morgan fingerprint density at radius 1 is 1.09 bits per heavy atom. The summed E-state index contributed by atoms with van der Waals surface area (Å²) >= 11 is 1.15. The number of nitrogens with zero attached hydrogens (tertiary/aromatic N) is 3. The molecule has 0 atom stereocenters. The number of rotatable bonds is 7. The lowest BCUT2D eigenvalue weighted by atomic mass is 10.0. The molecule has 8 heteroatoms. The van der Waals surface area contributed by atoms with Gasteiger partial charge in [0.2, 0.25) is 0 Å². The maximum atomic E-state index is 12.6. The Morgan fingerprint density at radius 2 is 1.84 bits per heavy atom. The van der Waals surface area contributed by atoms with Crippen molar-refractivity contribution in [1.29, 1.82) is 5.26 Å². The fourth-order valence-electron chi connectivity index (χ4n) is 3.10. The summed E-state index contributed by atoms with van der Waals surface area (Å²) in [5.41, 5.74) is 2.71. The highest BCUT2D eigenvalue weighted by Gasteiger charge is 2.19. The number of furan rings is 1. The lowest BCUT2D eigenvalue weighted by Crippen LogP contribution is -2.04. The minimum atomic E-state index is -0.517. The van der Waals surface area contributed by atoms with Crippen molar-refractivity contribution in [1.82, 2.24) is 4.98 Å². The first-order valence-corrected chi connectivity index (χ1v) is 10.5. The Hall–Kier alpha value is -4.22. The van der Waals surface area contributed by atoms with Crippen molar-refractivity contribution in [3.05, 3.63) is 100 Å². The van der Waals surface area contributed by atoms with Gasteiger partial charge in [0.15, 0.2) is 5.78 Å². The number of aromatic nitrogens is 1. The maximum absolute atomic E-state index is 12.6. The van der Waals surface area contributed by atoms with E-state index < -0.39 is 4.92 Å². The molecular formula is C24H15N3O4S. The molecule has 0 aliphatic heterocycles. The zero-order chi connectivity index (χ0) is 22.5. The number of non-ortho nitro benzene ring substituents is 1. The van der Waals surface area contributed by atoms with E-state index in [1.165, 1.54) is 30.5 Å². The van der Waals surface area contributed by atoms with E-state index in [9.17, 15) is 20.2 Å². The van der Waals surface area contributed by atoms with E-state index in [0.717, 1.165) is 17.3 Å². The van der Waals surface area contributed by atoms with Crippen LogP contribution in [0.4, 0.5) is 5.69 Å². The summed E-state index contributed by atoms with van der Waals surface area (Å²) < 4.78 is 5.52. The first kappa shape index (κ1) is 21.0. The highest BCUT2D eigenvalue weighted by Crippen LogP contribution is 2.34. The summed E-state index contributed by atoms with van der Waals surface area (Å²) in [5.74, 6) is 0.333. The third-order valence-electron chi connectivity index (χ3n) is 4.69. The van der Waals surface area contributed by atoms with Gasteiger partial charge in [0.05, 0.1) is 28.2 Å². The van der Waals surface area contributed by atoms with Crippen molar-refractivity contribution in [2.24, 2.45) is 0 Å². The van der Waals surface area contributed by atoms with Crippen LogP contribution in [0, 0.1) is 21.4 Å². The van der Waals surface area contributed by atoms with Gasteiger partial charge in [0.1, 0.15) is 16.9 Å². The first-order chi connectivity index (χ1) is 15.6. The van der Waals surface area contributed by atoms with Gasteiger partial charge in [-0.2, -0.15) is 5.26 Å². The van der Waals surface area contributed by atoms with Crippen molar-refractivity contribution in [3.8, 4) is 28.7 Å². The average Bonchev–Trinajstić information content (AvgIpc) is 3.37. The number of Topliss-reactive ketones (excluding diaryl/α,β-unsaturated/α-hetero) is 1. The maximum Gasteiger partial charge on any atom is 0.269 e. The molecule has 7 nitrogen and oxygen atoms in total. The molecular weight excluding hydrogens is 426 g/mol. The highest BCUT2D eigenvalue weighted by atomic mass is 32.2. The van der Waals surface area contributed by atoms with Crippen LogP contribution in [0.15, 0.2) is 88.5 Å². The van der Waals surface area contributed by atoms with Gasteiger partial charge in [-0.1, -0.05) is 42.1 Å². The average molecular weight is 441 g/mol. The molecule has 0 spiro atoms. The van der Waals surface area contributed by atoms with E-state index in [-0.39, 0.29) is 17.2 Å². The summed E-state index contributed by atoms with van der Waals surface area (Å²) in [6, 6.07) is 22.4. The summed E-state index contributed by atoms with van der Waals surface area (Å²) in [6.45, 7) is 0. The molecule has 2 aromatic heterocycles. The largest absolute Gasteiger partial charge is 0.464 e. The summed E-state index contributed by atoms with van der Waals surface area (Å²) in [4.78, 5) is 27.6. The van der Waals surface area contributed by atoms with Gasteiger partial charge in [-0.25, -0.2) is 4.98 Å². The molecule has 0 radical (unpaired) electrons. The predicted octanol–water partition coefficient (Wildman–Crippen LogP) is 5.76. The van der Waals surface area contributed by atoms with Crippen molar-refractivity contribution < 1.29 is 14.1 Å². The van der Waals surface area contributed by atoms with Crippen LogP contribution in [0.5, 0.6) is 0 Å². The van der Waals surface area contributed by atoms with Crippen LogP contribution < -0.4 is 0 Å². The van der Waals surface area contributed by atoms with Gasteiger partial charge in [-0.3, -0.25) is 14.9 Å². The van der Waals surface area contributed by atoms with Gasteiger partial charge in [0, 0.05) is 28.8 Å². The van der Waals surface area contributed by atoms with Crippen LogP contribution in [0.2, 0.25) is 0 Å². The molecule has 156 valence electrons. The Morgan fingerprint density at radius 3 is 2.47 bits per heavy atom. The second-order valence-corrected chi connectivity index (χ2v) is 7.67. The Balaban J connectivity index is 1.68. The molecule has 32 heavy (non-hydrogen) atoms. The number of hydrogen-bond donors (Lipinski definition) is 0. The van der Waals surface area contributed by atoms with Crippen LogP contribution >= 0.6 is 11.8 Å². The highest BCUT2D eigenvalue weighted by molar-refractivity contribution is 8.00. The molecule has 0 fully saturated rings. The van der Waals surface area contributed by atoms with Gasteiger partial charge in [0.25, 0.3) is 5.69 Å². The Kier molecular flexibility index (Phi) is 6.10. The smallest absolute Gasteiger partial charge is 0.269 e. The number of nitro groups is 1. The summed E-state index contributed by atoms with van der Waals surface area (Å²) in [6.07, 6.45) is 1.53. The molecule has 0 aliphatic rings. The number of thioether (sulfide) groups is 1. The van der Waals surface area contributed by atoms with E-state index in [2.05, 4.69) is 11.1 Å². The molecule has 0 saturated heterocycles. The minimum absolute atomic E-state index is 0.0231. The molecule has 4 aromatic rings. The molecule has 2 heterocycles. The molecule has 0 saturated carbocycles. The molecule has 0 N–H and O–H groups in total. The van der Waals surface area contributed by atoms with Crippen LogP contribution in [-0.2, 0) is 0 Å². The second-order valence-electron chi connectivity index (χ2n) is 6.71. The fraction of sp³-hybridized carbons (Fsp3) is 0.0417. The number of carbonyl (C=O) groups excluding carboxylic acids is 1. The van der Waals surface area contributed by atoms with Crippen molar-refractivity contribution in [3.63, 3.8) is 0 Å². The fourth-order valence-corrected chi connectivity index (χ4v) is 4.00. The van der Waals surface area contributed by atoms with Gasteiger partial charge >= 0.3 is 0 Å². The molecule has 0 aliphatic carbocycles. The Labute approximate surface area is 187 Å². The zero-order valence-corrected chi connectivity index (χ0v) is 17.4. The lowest BCUT2D eigenvalue weighted by Gasteiger charge is -2.11. The van der Waals surface area contributed by atoms with E-state index in [1.807, 2.05) is 30.3 Å². The second kappa shape index (κ2) is 9.29. The van der Waals surface area contributed by atoms with Gasteiger partial charge in [-0.15, -0.1) is 0 Å². The third kappa shape index (κ3) is 4.43.